The zero-order valence-corrected chi connectivity index (χ0v) is 9.48. The molecular weight excluding hydrogens is 224 g/mol. The molecule has 0 aliphatic heterocycles. The third kappa shape index (κ3) is 1.64. The van der Waals surface area contributed by atoms with Crippen molar-refractivity contribution in [3.63, 3.8) is 0 Å². The number of rotatable bonds is 3. The Bertz CT molecular complexity index is 582. The van der Waals surface area contributed by atoms with Gasteiger partial charge in [-0.05, 0) is 19.1 Å². The SMILES string of the molecule is COc1c(CO)ccc2oc(C(=O)O)c(C)c12. The number of aryl methyl sites for hydroxylation is 1. The summed E-state index contributed by atoms with van der Waals surface area (Å²) in [4.78, 5) is 11.0. The van der Waals surface area contributed by atoms with Crippen molar-refractivity contribution >= 4 is 16.9 Å². The Morgan fingerprint density at radius 1 is 1.47 bits per heavy atom. The minimum atomic E-state index is -1.12. The number of carboxylic acid groups (broad SMARTS) is 1. The normalized spacial score (nSPS) is 10.8. The summed E-state index contributed by atoms with van der Waals surface area (Å²) in [5.74, 6) is -0.765. The van der Waals surface area contributed by atoms with E-state index in [-0.39, 0.29) is 12.4 Å². The molecule has 0 bridgehead atoms. The van der Waals surface area contributed by atoms with Crippen LogP contribution in [-0.4, -0.2) is 23.3 Å². The summed E-state index contributed by atoms with van der Waals surface area (Å²) < 4.78 is 10.5. The maximum atomic E-state index is 11.0. The van der Waals surface area contributed by atoms with Crippen molar-refractivity contribution in [2.24, 2.45) is 0 Å². The van der Waals surface area contributed by atoms with E-state index in [2.05, 4.69) is 0 Å². The number of carbonyl (C=O) groups is 1. The Labute approximate surface area is 97.2 Å². The minimum Gasteiger partial charge on any atom is -0.496 e. The average molecular weight is 236 g/mol. The number of methoxy groups -OCH3 is 1. The quantitative estimate of drug-likeness (QED) is 0.851. The molecule has 0 atom stereocenters. The highest BCUT2D eigenvalue weighted by Gasteiger charge is 2.20. The van der Waals surface area contributed by atoms with Gasteiger partial charge in [0.25, 0.3) is 0 Å². The van der Waals surface area contributed by atoms with Crippen LogP contribution in [0.25, 0.3) is 11.0 Å². The molecule has 0 spiro atoms. The second kappa shape index (κ2) is 4.10. The molecule has 2 aromatic rings. The van der Waals surface area contributed by atoms with Gasteiger partial charge in [-0.1, -0.05) is 0 Å². The zero-order chi connectivity index (χ0) is 12.6. The van der Waals surface area contributed by atoms with Crippen LogP contribution in [0.1, 0.15) is 21.7 Å². The van der Waals surface area contributed by atoms with Gasteiger partial charge in [0.05, 0.1) is 19.1 Å². The molecule has 5 heteroatoms. The van der Waals surface area contributed by atoms with Crippen molar-refractivity contribution in [1.82, 2.24) is 0 Å². The largest absolute Gasteiger partial charge is 0.496 e. The molecule has 0 saturated carbocycles. The first-order valence-corrected chi connectivity index (χ1v) is 5.03. The number of furan rings is 1. The van der Waals surface area contributed by atoms with E-state index in [4.69, 9.17) is 14.3 Å². The average Bonchev–Trinajstić information content (AvgIpc) is 2.66. The first-order valence-electron chi connectivity index (χ1n) is 5.03. The second-order valence-corrected chi connectivity index (χ2v) is 3.65. The molecular formula is C12H12O5. The van der Waals surface area contributed by atoms with Crippen LogP contribution in [0.5, 0.6) is 5.75 Å². The van der Waals surface area contributed by atoms with Crippen LogP contribution >= 0.6 is 0 Å². The van der Waals surface area contributed by atoms with Gasteiger partial charge in [0.15, 0.2) is 0 Å². The number of hydrogen-bond acceptors (Lipinski definition) is 4. The van der Waals surface area contributed by atoms with Crippen molar-refractivity contribution in [1.29, 1.82) is 0 Å². The predicted octanol–water partition coefficient (Wildman–Crippen LogP) is 1.94. The Morgan fingerprint density at radius 3 is 2.71 bits per heavy atom. The Hall–Kier alpha value is -2.01. The molecule has 2 rings (SSSR count). The number of carboxylic acids is 1. The van der Waals surface area contributed by atoms with Crippen LogP contribution in [-0.2, 0) is 6.61 Å². The monoisotopic (exact) mass is 236 g/mol. The molecule has 0 aliphatic carbocycles. The molecule has 2 N–H and O–H groups in total. The standard InChI is InChI=1S/C12H12O5/c1-6-9-8(17-10(6)12(14)15)4-3-7(5-13)11(9)16-2/h3-4,13H,5H2,1-2H3,(H,14,15). The molecule has 0 aliphatic rings. The molecule has 1 heterocycles. The van der Waals surface area contributed by atoms with Crippen LogP contribution < -0.4 is 4.74 Å². The van der Waals surface area contributed by atoms with Crippen molar-refractivity contribution in [3.05, 3.63) is 29.0 Å². The zero-order valence-electron chi connectivity index (χ0n) is 9.48. The number of ether oxygens (including phenoxy) is 1. The first-order chi connectivity index (χ1) is 8.10. The van der Waals surface area contributed by atoms with Gasteiger partial charge in [-0.2, -0.15) is 0 Å². The first kappa shape index (κ1) is 11.5. The fourth-order valence-electron chi connectivity index (χ4n) is 1.91. The van der Waals surface area contributed by atoms with Crippen molar-refractivity contribution < 1.29 is 24.2 Å². The lowest BCUT2D eigenvalue weighted by molar-refractivity contribution is 0.0664. The maximum Gasteiger partial charge on any atom is 0.372 e. The van der Waals surface area contributed by atoms with Crippen molar-refractivity contribution in [2.45, 2.75) is 13.5 Å². The molecule has 90 valence electrons. The van der Waals surface area contributed by atoms with E-state index in [0.717, 1.165) is 0 Å². The van der Waals surface area contributed by atoms with Crippen molar-refractivity contribution in [3.8, 4) is 5.75 Å². The van der Waals surface area contributed by atoms with Gasteiger partial charge in [0.2, 0.25) is 5.76 Å². The molecule has 1 aromatic heterocycles. The van der Waals surface area contributed by atoms with Gasteiger partial charge in [-0.3, -0.25) is 0 Å². The molecule has 5 nitrogen and oxygen atoms in total. The molecule has 0 saturated heterocycles. The summed E-state index contributed by atoms with van der Waals surface area (Å²) >= 11 is 0. The van der Waals surface area contributed by atoms with Gasteiger partial charge in [-0.25, -0.2) is 4.79 Å². The van der Waals surface area contributed by atoms with Crippen LogP contribution in [0.2, 0.25) is 0 Å². The highest BCUT2D eigenvalue weighted by Crippen LogP contribution is 2.35. The summed E-state index contributed by atoms with van der Waals surface area (Å²) in [5, 5.41) is 18.8. The Kier molecular flexibility index (Phi) is 2.77. The summed E-state index contributed by atoms with van der Waals surface area (Å²) in [6.07, 6.45) is 0. The van der Waals surface area contributed by atoms with E-state index in [0.29, 0.717) is 27.8 Å². The van der Waals surface area contributed by atoms with Crippen molar-refractivity contribution in [2.75, 3.05) is 7.11 Å². The minimum absolute atomic E-state index is 0.103. The van der Waals surface area contributed by atoms with E-state index >= 15 is 0 Å². The third-order valence-corrected chi connectivity index (χ3v) is 2.70. The number of benzene rings is 1. The lowest BCUT2D eigenvalue weighted by atomic mass is 10.1. The van der Waals surface area contributed by atoms with Crippen LogP contribution in [0.3, 0.4) is 0 Å². The van der Waals surface area contributed by atoms with E-state index in [1.54, 1.807) is 19.1 Å². The van der Waals surface area contributed by atoms with Crippen LogP contribution in [0.15, 0.2) is 16.5 Å². The summed E-state index contributed by atoms with van der Waals surface area (Å²) in [6, 6.07) is 3.28. The maximum absolute atomic E-state index is 11.0. The van der Waals surface area contributed by atoms with Gasteiger partial charge < -0.3 is 19.4 Å². The molecule has 0 fully saturated rings. The topological polar surface area (TPSA) is 79.9 Å². The number of hydrogen-bond donors (Lipinski definition) is 2. The number of aromatic carboxylic acids is 1. The van der Waals surface area contributed by atoms with Crippen LogP contribution in [0, 0.1) is 6.92 Å². The number of aliphatic hydroxyl groups is 1. The van der Waals surface area contributed by atoms with Crippen LogP contribution in [0.4, 0.5) is 0 Å². The lowest BCUT2D eigenvalue weighted by Gasteiger charge is -2.07. The van der Waals surface area contributed by atoms with E-state index in [1.807, 2.05) is 0 Å². The summed E-state index contributed by atoms with van der Waals surface area (Å²) in [7, 11) is 1.47. The van der Waals surface area contributed by atoms with Gasteiger partial charge in [0, 0.05) is 11.1 Å². The Balaban J connectivity index is 2.84. The van der Waals surface area contributed by atoms with E-state index in [9.17, 15) is 9.90 Å². The molecule has 0 unspecified atom stereocenters. The van der Waals surface area contributed by atoms with E-state index < -0.39 is 5.97 Å². The highest BCUT2D eigenvalue weighted by molar-refractivity contribution is 5.98. The molecule has 1 aromatic carbocycles. The fraction of sp³-hybridized carbons (Fsp3) is 0.250. The summed E-state index contributed by atoms with van der Waals surface area (Å²) in [6.45, 7) is 1.48. The number of aliphatic hydroxyl groups excluding tert-OH is 1. The Morgan fingerprint density at radius 2 is 2.18 bits per heavy atom. The molecule has 0 radical (unpaired) electrons. The second-order valence-electron chi connectivity index (χ2n) is 3.65. The third-order valence-electron chi connectivity index (χ3n) is 2.70. The van der Waals surface area contributed by atoms with Gasteiger partial charge in [-0.15, -0.1) is 0 Å². The number of fused-ring (bicyclic) bond motifs is 1. The lowest BCUT2D eigenvalue weighted by Crippen LogP contribution is -1.96. The van der Waals surface area contributed by atoms with E-state index in [1.165, 1.54) is 7.11 Å². The predicted molar refractivity (Wildman–Crippen MR) is 60.4 cm³/mol. The highest BCUT2D eigenvalue weighted by atomic mass is 16.5. The molecule has 0 amide bonds. The van der Waals surface area contributed by atoms with Gasteiger partial charge >= 0.3 is 5.97 Å². The van der Waals surface area contributed by atoms with Gasteiger partial charge in [0.1, 0.15) is 11.3 Å². The smallest absolute Gasteiger partial charge is 0.372 e. The fourth-order valence-corrected chi connectivity index (χ4v) is 1.91. The molecule has 17 heavy (non-hydrogen) atoms. The summed E-state index contributed by atoms with van der Waals surface area (Å²) in [5.41, 5.74) is 1.54.